The molecule has 32 heavy (non-hydrogen) atoms. The Morgan fingerprint density at radius 1 is 0.844 bits per heavy atom. The third kappa shape index (κ3) is 5.42. The molecule has 2 aromatic carbocycles. The van der Waals surface area contributed by atoms with Crippen LogP contribution in [0.2, 0.25) is 0 Å². The minimum atomic E-state index is -0.967. The highest BCUT2D eigenvalue weighted by Crippen LogP contribution is 2.24. The molecule has 3 atom stereocenters. The van der Waals surface area contributed by atoms with Crippen molar-refractivity contribution in [3.63, 3.8) is 0 Å². The molecule has 1 heterocycles. The van der Waals surface area contributed by atoms with Crippen molar-refractivity contribution in [2.24, 2.45) is 0 Å². The van der Waals surface area contributed by atoms with Crippen molar-refractivity contribution in [3.05, 3.63) is 79.9 Å². The number of nitro benzene ring substituents is 2. The Hall–Kier alpha value is -3.90. The minimum Gasteiger partial charge on any atom is -0.455 e. The molecule has 1 saturated heterocycles. The van der Waals surface area contributed by atoms with E-state index in [1.807, 2.05) is 0 Å². The van der Waals surface area contributed by atoms with Gasteiger partial charge in [-0.2, -0.15) is 0 Å². The van der Waals surface area contributed by atoms with Crippen molar-refractivity contribution < 1.29 is 38.4 Å². The van der Waals surface area contributed by atoms with Crippen molar-refractivity contribution in [1.82, 2.24) is 0 Å². The zero-order chi connectivity index (χ0) is 23.3. The molecule has 0 bridgehead atoms. The van der Waals surface area contributed by atoms with Gasteiger partial charge in [-0.25, -0.2) is 9.59 Å². The van der Waals surface area contributed by atoms with Crippen LogP contribution in [-0.4, -0.2) is 54.0 Å². The van der Waals surface area contributed by atoms with Crippen LogP contribution >= 0.6 is 0 Å². The van der Waals surface area contributed by atoms with E-state index >= 15 is 0 Å². The third-order valence-corrected chi connectivity index (χ3v) is 4.69. The molecule has 2 aromatic rings. The van der Waals surface area contributed by atoms with E-state index in [2.05, 4.69) is 0 Å². The van der Waals surface area contributed by atoms with Crippen LogP contribution in [0.15, 0.2) is 48.5 Å². The second-order valence-corrected chi connectivity index (χ2v) is 6.73. The summed E-state index contributed by atoms with van der Waals surface area (Å²) in [5.74, 6) is -1.54. The van der Waals surface area contributed by atoms with Gasteiger partial charge in [0.05, 0.1) is 27.6 Å². The predicted octanol–water partition coefficient (Wildman–Crippen LogP) is 2.65. The predicted molar refractivity (Wildman–Crippen MR) is 106 cm³/mol. The Balaban J connectivity index is 1.70. The normalized spacial score (nSPS) is 20.2. The molecule has 0 aromatic heterocycles. The van der Waals surface area contributed by atoms with Gasteiger partial charge in [-0.15, -0.1) is 0 Å². The molecule has 1 aliphatic heterocycles. The number of nitro groups is 2. The molecule has 1 aliphatic rings. The molecule has 0 spiro atoms. The van der Waals surface area contributed by atoms with Crippen LogP contribution in [0, 0.1) is 20.2 Å². The lowest BCUT2D eigenvalue weighted by atomic mass is 10.1. The summed E-state index contributed by atoms with van der Waals surface area (Å²) < 4.78 is 21.5. The van der Waals surface area contributed by atoms with E-state index in [1.165, 1.54) is 55.6 Å². The lowest BCUT2D eigenvalue weighted by Gasteiger charge is -2.34. The van der Waals surface area contributed by atoms with Gasteiger partial charge in [0, 0.05) is 37.8 Å². The highest BCUT2D eigenvalue weighted by atomic mass is 16.7. The fraction of sp³-hybridized carbons (Fsp3) is 0.300. The fourth-order valence-electron chi connectivity index (χ4n) is 2.97. The monoisotopic (exact) mass is 446 g/mol. The quantitative estimate of drug-likeness (QED) is 0.352. The number of ether oxygens (including phenoxy) is 4. The first-order valence-corrected chi connectivity index (χ1v) is 9.33. The van der Waals surface area contributed by atoms with Gasteiger partial charge in [-0.3, -0.25) is 20.2 Å². The van der Waals surface area contributed by atoms with Gasteiger partial charge >= 0.3 is 11.9 Å². The Kier molecular flexibility index (Phi) is 7.07. The number of carbonyl (C=O) groups excluding carboxylic acids is 2. The summed E-state index contributed by atoms with van der Waals surface area (Å²) in [7, 11) is 1.41. The van der Waals surface area contributed by atoms with Crippen LogP contribution in [0.5, 0.6) is 0 Å². The van der Waals surface area contributed by atoms with Crippen molar-refractivity contribution in [1.29, 1.82) is 0 Å². The van der Waals surface area contributed by atoms with E-state index in [0.29, 0.717) is 0 Å². The van der Waals surface area contributed by atoms with Crippen molar-refractivity contribution in [3.8, 4) is 0 Å². The number of benzene rings is 2. The number of hydrogen-bond donors (Lipinski definition) is 0. The molecule has 168 valence electrons. The molecule has 0 radical (unpaired) electrons. The molecule has 0 N–H and O–H groups in total. The van der Waals surface area contributed by atoms with E-state index in [0.717, 1.165) is 0 Å². The fourth-order valence-corrected chi connectivity index (χ4v) is 2.97. The standard InChI is InChI=1S/C20H18N2O10/c1-29-18-10-16(31-19(23)12-2-6-14(7-3-12)21(25)26)17(11-30-18)32-20(24)13-4-8-15(9-5-13)22(27)28/h2-9,16-18H,10-11H2,1H3. The maximum absolute atomic E-state index is 12.5. The Morgan fingerprint density at radius 2 is 1.28 bits per heavy atom. The van der Waals surface area contributed by atoms with Gasteiger partial charge in [0.2, 0.25) is 0 Å². The van der Waals surface area contributed by atoms with Gasteiger partial charge in [0.25, 0.3) is 11.4 Å². The number of esters is 2. The largest absolute Gasteiger partial charge is 0.455 e. The lowest BCUT2D eigenvalue weighted by molar-refractivity contribution is -0.385. The van der Waals surface area contributed by atoms with Crippen LogP contribution in [0.1, 0.15) is 27.1 Å². The number of rotatable bonds is 7. The SMILES string of the molecule is COC1CC(OC(=O)c2ccc([N+](=O)[O-])cc2)C(OC(=O)c2ccc([N+](=O)[O-])cc2)CO1. The van der Waals surface area contributed by atoms with Crippen LogP contribution in [-0.2, 0) is 18.9 Å². The van der Waals surface area contributed by atoms with E-state index in [1.54, 1.807) is 0 Å². The first kappa shape index (κ1) is 22.8. The molecular formula is C20H18N2O10. The first-order chi connectivity index (χ1) is 15.3. The molecule has 3 rings (SSSR count). The van der Waals surface area contributed by atoms with E-state index in [4.69, 9.17) is 18.9 Å². The summed E-state index contributed by atoms with van der Waals surface area (Å²) in [5.41, 5.74) is -0.205. The van der Waals surface area contributed by atoms with Crippen molar-refractivity contribution in [2.75, 3.05) is 13.7 Å². The van der Waals surface area contributed by atoms with Gasteiger partial charge in [-0.1, -0.05) is 0 Å². The van der Waals surface area contributed by atoms with Crippen LogP contribution in [0.4, 0.5) is 11.4 Å². The molecular weight excluding hydrogens is 428 g/mol. The van der Waals surface area contributed by atoms with Crippen LogP contribution < -0.4 is 0 Å². The zero-order valence-corrected chi connectivity index (χ0v) is 16.7. The lowest BCUT2D eigenvalue weighted by Crippen LogP contribution is -2.46. The third-order valence-electron chi connectivity index (χ3n) is 4.69. The zero-order valence-electron chi connectivity index (χ0n) is 16.7. The Bertz CT molecular complexity index is 1010. The van der Waals surface area contributed by atoms with Gasteiger partial charge < -0.3 is 18.9 Å². The van der Waals surface area contributed by atoms with Crippen LogP contribution in [0.25, 0.3) is 0 Å². The van der Waals surface area contributed by atoms with Gasteiger partial charge in [0.15, 0.2) is 12.4 Å². The van der Waals surface area contributed by atoms with Crippen molar-refractivity contribution >= 4 is 23.3 Å². The average molecular weight is 446 g/mol. The number of carbonyl (C=O) groups is 2. The van der Waals surface area contributed by atoms with Gasteiger partial charge in [0.1, 0.15) is 6.10 Å². The first-order valence-electron chi connectivity index (χ1n) is 9.33. The molecule has 1 fully saturated rings. The number of methoxy groups -OCH3 is 1. The Morgan fingerprint density at radius 3 is 1.69 bits per heavy atom. The maximum atomic E-state index is 12.5. The molecule has 0 amide bonds. The second-order valence-electron chi connectivity index (χ2n) is 6.73. The van der Waals surface area contributed by atoms with Crippen LogP contribution in [0.3, 0.4) is 0 Å². The number of hydrogen-bond acceptors (Lipinski definition) is 10. The molecule has 12 heteroatoms. The second kappa shape index (κ2) is 9.94. The average Bonchev–Trinajstić information content (AvgIpc) is 2.80. The van der Waals surface area contributed by atoms with E-state index in [-0.39, 0.29) is 35.5 Å². The summed E-state index contributed by atoms with van der Waals surface area (Å²) in [6, 6.07) is 9.69. The summed E-state index contributed by atoms with van der Waals surface area (Å²) in [6.07, 6.45) is -2.50. The van der Waals surface area contributed by atoms with E-state index in [9.17, 15) is 29.8 Å². The smallest absolute Gasteiger partial charge is 0.338 e. The summed E-state index contributed by atoms with van der Waals surface area (Å²) in [6.45, 7) is -0.116. The summed E-state index contributed by atoms with van der Waals surface area (Å²) in [4.78, 5) is 45.3. The Labute approximate surface area is 180 Å². The minimum absolute atomic E-state index is 0.0740. The topological polar surface area (TPSA) is 157 Å². The summed E-state index contributed by atoms with van der Waals surface area (Å²) >= 11 is 0. The highest BCUT2D eigenvalue weighted by molar-refractivity contribution is 5.90. The molecule has 0 aliphatic carbocycles. The van der Waals surface area contributed by atoms with Crippen molar-refractivity contribution in [2.45, 2.75) is 24.9 Å². The number of nitrogens with zero attached hydrogens (tertiary/aromatic N) is 2. The maximum Gasteiger partial charge on any atom is 0.338 e. The summed E-state index contributed by atoms with van der Waals surface area (Å²) in [5, 5.41) is 21.5. The van der Waals surface area contributed by atoms with Gasteiger partial charge in [-0.05, 0) is 24.3 Å². The number of non-ortho nitro benzene ring substituents is 2. The molecule has 0 saturated carbocycles. The van der Waals surface area contributed by atoms with E-state index < -0.39 is 40.3 Å². The highest BCUT2D eigenvalue weighted by Gasteiger charge is 2.37. The molecule has 3 unspecified atom stereocenters. The molecule has 12 nitrogen and oxygen atoms in total.